The van der Waals surface area contributed by atoms with Crippen molar-refractivity contribution in [3.8, 4) is 11.5 Å². The van der Waals surface area contributed by atoms with Crippen LogP contribution < -0.4 is 15.2 Å². The van der Waals surface area contributed by atoms with Crippen LogP contribution in [0.2, 0.25) is 0 Å². The van der Waals surface area contributed by atoms with Crippen LogP contribution in [0.5, 0.6) is 11.5 Å². The van der Waals surface area contributed by atoms with Crippen LogP contribution in [0.4, 0.5) is 5.82 Å². The first-order chi connectivity index (χ1) is 13.6. The maximum atomic E-state index is 5.99. The summed E-state index contributed by atoms with van der Waals surface area (Å²) in [5.74, 6) is 2.88. The number of hydrogen-bond donors (Lipinski definition) is 1. The van der Waals surface area contributed by atoms with Gasteiger partial charge in [-0.3, -0.25) is 0 Å². The Bertz CT molecular complexity index is 892. The number of ether oxygens (including phenoxy) is 2. The number of benzene rings is 1. The summed E-state index contributed by atoms with van der Waals surface area (Å²) >= 11 is 0. The van der Waals surface area contributed by atoms with Crippen LogP contribution >= 0.6 is 0 Å². The van der Waals surface area contributed by atoms with E-state index in [2.05, 4.69) is 35.3 Å². The van der Waals surface area contributed by atoms with Gasteiger partial charge in [-0.25, -0.2) is 15.0 Å². The number of hydrogen-bond acceptors (Lipinski definition) is 6. The lowest BCUT2D eigenvalue weighted by atomic mass is 10.1. The Hall–Kier alpha value is -2.83. The summed E-state index contributed by atoms with van der Waals surface area (Å²) in [6.07, 6.45) is 5.46. The SMILES string of the molecule is CCC.CCCCn1c(Cc2cc(OC)ccc2OC)nc2c(N)ncnc21. The van der Waals surface area contributed by atoms with E-state index < -0.39 is 0 Å². The molecule has 0 saturated carbocycles. The minimum Gasteiger partial charge on any atom is -0.497 e. The van der Waals surface area contributed by atoms with Gasteiger partial charge in [0.05, 0.1) is 14.2 Å². The van der Waals surface area contributed by atoms with E-state index in [1.54, 1.807) is 14.2 Å². The predicted octanol–water partition coefficient (Wildman–Crippen LogP) is 4.23. The predicted molar refractivity (Wildman–Crippen MR) is 113 cm³/mol. The lowest BCUT2D eigenvalue weighted by Crippen LogP contribution is -2.06. The van der Waals surface area contributed by atoms with Crippen molar-refractivity contribution in [2.45, 2.75) is 53.0 Å². The molecule has 0 unspecified atom stereocenters. The minimum absolute atomic E-state index is 0.402. The molecule has 28 heavy (non-hydrogen) atoms. The molecular formula is C21H31N5O2. The van der Waals surface area contributed by atoms with Gasteiger partial charge in [-0.1, -0.05) is 33.6 Å². The number of fused-ring (bicyclic) bond motifs is 1. The Kier molecular flexibility index (Phi) is 8.04. The Morgan fingerprint density at radius 3 is 2.46 bits per heavy atom. The third kappa shape index (κ3) is 4.91. The number of anilines is 1. The number of nitrogen functional groups attached to an aromatic ring is 1. The van der Waals surface area contributed by atoms with Crippen molar-refractivity contribution in [1.29, 1.82) is 0 Å². The fraction of sp³-hybridized carbons (Fsp3) is 0.476. The minimum atomic E-state index is 0.402. The second-order valence-electron chi connectivity index (χ2n) is 6.53. The van der Waals surface area contributed by atoms with E-state index >= 15 is 0 Å². The van der Waals surface area contributed by atoms with Crippen LogP contribution in [0.1, 0.15) is 51.4 Å². The van der Waals surface area contributed by atoms with E-state index in [9.17, 15) is 0 Å². The molecule has 7 heteroatoms. The van der Waals surface area contributed by atoms with Gasteiger partial charge in [0.15, 0.2) is 17.0 Å². The van der Waals surface area contributed by atoms with E-state index in [1.165, 1.54) is 12.7 Å². The molecule has 7 nitrogen and oxygen atoms in total. The normalized spacial score (nSPS) is 10.5. The van der Waals surface area contributed by atoms with Crippen LogP contribution in [-0.4, -0.2) is 33.7 Å². The van der Waals surface area contributed by atoms with Gasteiger partial charge >= 0.3 is 0 Å². The molecule has 0 aliphatic carbocycles. The number of nitrogens with zero attached hydrogens (tertiary/aromatic N) is 4. The van der Waals surface area contributed by atoms with Crippen molar-refractivity contribution in [2.24, 2.45) is 0 Å². The molecule has 0 radical (unpaired) electrons. The summed E-state index contributed by atoms with van der Waals surface area (Å²) in [6, 6.07) is 5.75. The first-order valence-corrected chi connectivity index (χ1v) is 9.75. The summed E-state index contributed by atoms with van der Waals surface area (Å²) in [6.45, 7) is 7.25. The molecule has 2 aromatic heterocycles. The molecule has 0 saturated heterocycles. The average Bonchev–Trinajstić information content (AvgIpc) is 3.05. The molecular weight excluding hydrogens is 354 g/mol. The number of aromatic nitrogens is 4. The summed E-state index contributed by atoms with van der Waals surface area (Å²) in [5.41, 5.74) is 8.42. The fourth-order valence-electron chi connectivity index (χ4n) is 2.88. The van der Waals surface area contributed by atoms with Gasteiger partial charge in [0.1, 0.15) is 23.7 Å². The van der Waals surface area contributed by atoms with Crippen LogP contribution in [0.15, 0.2) is 24.5 Å². The molecule has 0 fully saturated rings. The van der Waals surface area contributed by atoms with Crippen LogP contribution in [-0.2, 0) is 13.0 Å². The van der Waals surface area contributed by atoms with E-state index in [-0.39, 0.29) is 0 Å². The van der Waals surface area contributed by atoms with Gasteiger partial charge < -0.3 is 19.8 Å². The summed E-state index contributed by atoms with van der Waals surface area (Å²) in [7, 11) is 3.31. The van der Waals surface area contributed by atoms with E-state index in [1.807, 2.05) is 18.2 Å². The maximum absolute atomic E-state index is 5.99. The summed E-state index contributed by atoms with van der Waals surface area (Å²) < 4.78 is 13.0. The van der Waals surface area contributed by atoms with Crippen molar-refractivity contribution in [3.05, 3.63) is 35.9 Å². The molecule has 0 atom stereocenters. The first kappa shape index (κ1) is 21.5. The second-order valence-corrected chi connectivity index (χ2v) is 6.53. The quantitative estimate of drug-likeness (QED) is 0.655. The molecule has 152 valence electrons. The number of rotatable bonds is 7. The van der Waals surface area contributed by atoms with Crippen molar-refractivity contribution >= 4 is 17.0 Å². The number of unbranched alkanes of at least 4 members (excludes halogenated alkanes) is 1. The van der Waals surface area contributed by atoms with E-state index in [4.69, 9.17) is 20.2 Å². The van der Waals surface area contributed by atoms with Crippen molar-refractivity contribution in [1.82, 2.24) is 19.5 Å². The molecule has 0 amide bonds. The van der Waals surface area contributed by atoms with Crippen LogP contribution in [0.25, 0.3) is 11.2 Å². The summed E-state index contributed by atoms with van der Waals surface area (Å²) in [5, 5.41) is 0. The summed E-state index contributed by atoms with van der Waals surface area (Å²) in [4.78, 5) is 13.2. The molecule has 0 spiro atoms. The van der Waals surface area contributed by atoms with E-state index in [0.29, 0.717) is 17.8 Å². The zero-order chi connectivity index (χ0) is 20.5. The topological polar surface area (TPSA) is 88.1 Å². The van der Waals surface area contributed by atoms with Crippen LogP contribution in [0.3, 0.4) is 0 Å². The third-order valence-corrected chi connectivity index (χ3v) is 4.21. The third-order valence-electron chi connectivity index (χ3n) is 4.21. The molecule has 1 aromatic carbocycles. The zero-order valence-corrected chi connectivity index (χ0v) is 17.5. The fourth-order valence-corrected chi connectivity index (χ4v) is 2.88. The molecule has 3 aromatic rings. The van der Waals surface area contributed by atoms with Crippen LogP contribution in [0, 0.1) is 0 Å². The Balaban J connectivity index is 0.000000878. The average molecular weight is 386 g/mol. The largest absolute Gasteiger partial charge is 0.497 e. The zero-order valence-electron chi connectivity index (χ0n) is 17.5. The number of nitrogens with two attached hydrogens (primary N) is 1. The highest BCUT2D eigenvalue weighted by atomic mass is 16.5. The van der Waals surface area contributed by atoms with Gasteiger partial charge in [-0.05, 0) is 24.6 Å². The standard InChI is InChI=1S/C18H23N5O2.C3H8/c1-4-5-8-23-15(22-16-17(19)20-11-21-18(16)23)10-12-9-13(24-2)6-7-14(12)25-3;1-3-2/h6-7,9,11H,4-5,8,10H2,1-3H3,(H2,19,20,21);3H2,1-2H3. The smallest absolute Gasteiger partial charge is 0.165 e. The van der Waals surface area contributed by atoms with Crippen molar-refractivity contribution < 1.29 is 9.47 Å². The molecule has 0 aliphatic heterocycles. The number of aryl methyl sites for hydroxylation is 1. The highest BCUT2D eigenvalue weighted by molar-refractivity contribution is 5.81. The highest BCUT2D eigenvalue weighted by Crippen LogP contribution is 2.28. The van der Waals surface area contributed by atoms with Gasteiger partial charge in [-0.15, -0.1) is 0 Å². The van der Waals surface area contributed by atoms with E-state index in [0.717, 1.165) is 47.9 Å². The van der Waals surface area contributed by atoms with Crippen molar-refractivity contribution in [3.63, 3.8) is 0 Å². The Morgan fingerprint density at radius 1 is 1.07 bits per heavy atom. The first-order valence-electron chi connectivity index (χ1n) is 9.75. The van der Waals surface area contributed by atoms with Gasteiger partial charge in [0.25, 0.3) is 0 Å². The second kappa shape index (κ2) is 10.5. The molecule has 0 aliphatic rings. The Morgan fingerprint density at radius 2 is 1.82 bits per heavy atom. The molecule has 2 heterocycles. The number of imidazole rings is 1. The van der Waals surface area contributed by atoms with Gasteiger partial charge in [0, 0.05) is 18.5 Å². The molecule has 3 rings (SSSR count). The monoisotopic (exact) mass is 385 g/mol. The van der Waals surface area contributed by atoms with Gasteiger partial charge in [-0.2, -0.15) is 0 Å². The van der Waals surface area contributed by atoms with Crippen molar-refractivity contribution in [2.75, 3.05) is 20.0 Å². The lowest BCUT2D eigenvalue weighted by molar-refractivity contribution is 0.399. The number of methoxy groups -OCH3 is 2. The lowest BCUT2D eigenvalue weighted by Gasteiger charge is -2.12. The highest BCUT2D eigenvalue weighted by Gasteiger charge is 2.16. The Labute approximate surface area is 166 Å². The molecule has 0 bridgehead atoms. The molecule has 2 N–H and O–H groups in total. The maximum Gasteiger partial charge on any atom is 0.165 e. The van der Waals surface area contributed by atoms with Gasteiger partial charge in [0.2, 0.25) is 0 Å².